The lowest BCUT2D eigenvalue weighted by molar-refractivity contribution is -0.132. The van der Waals surface area contributed by atoms with E-state index in [1.165, 1.54) is 22.7 Å². The molecule has 0 bridgehead atoms. The molecular formula is C18H23N3O4S3. The van der Waals surface area contributed by atoms with Crippen molar-refractivity contribution in [3.63, 3.8) is 0 Å². The van der Waals surface area contributed by atoms with Gasteiger partial charge in [-0.25, -0.2) is 13.1 Å². The predicted octanol–water partition coefficient (Wildman–Crippen LogP) is 2.29. The molecule has 0 aliphatic carbocycles. The summed E-state index contributed by atoms with van der Waals surface area (Å²) >= 11 is 2.58. The maximum Gasteiger partial charge on any atom is 0.261 e. The second-order valence-electron chi connectivity index (χ2n) is 6.55. The van der Waals surface area contributed by atoms with Crippen LogP contribution in [0.1, 0.15) is 35.4 Å². The molecule has 0 unspecified atom stereocenters. The Morgan fingerprint density at radius 3 is 2.46 bits per heavy atom. The number of sulfonamides is 1. The van der Waals surface area contributed by atoms with E-state index in [1.54, 1.807) is 28.5 Å². The number of thiophene rings is 2. The number of rotatable bonds is 8. The average Bonchev–Trinajstić information content (AvgIpc) is 3.39. The molecule has 7 nitrogen and oxygen atoms in total. The summed E-state index contributed by atoms with van der Waals surface area (Å²) < 4.78 is 27.6. The molecule has 152 valence electrons. The molecule has 0 aromatic carbocycles. The number of piperidine rings is 1. The summed E-state index contributed by atoms with van der Waals surface area (Å²) in [5, 5.41) is 6.40. The van der Waals surface area contributed by atoms with Gasteiger partial charge in [0.25, 0.3) is 5.91 Å². The summed E-state index contributed by atoms with van der Waals surface area (Å²) in [5.41, 5.74) is 0. The molecule has 3 rings (SSSR count). The van der Waals surface area contributed by atoms with Gasteiger partial charge in [0.1, 0.15) is 4.21 Å². The van der Waals surface area contributed by atoms with E-state index in [-0.39, 0.29) is 17.9 Å². The summed E-state index contributed by atoms with van der Waals surface area (Å²) in [7, 11) is -3.47. The first kappa shape index (κ1) is 21.0. The van der Waals surface area contributed by atoms with Gasteiger partial charge in [-0.1, -0.05) is 12.1 Å². The van der Waals surface area contributed by atoms with Crippen LogP contribution in [0.5, 0.6) is 0 Å². The van der Waals surface area contributed by atoms with Gasteiger partial charge in [-0.15, -0.1) is 22.7 Å². The highest BCUT2D eigenvalue weighted by molar-refractivity contribution is 7.91. The molecule has 1 fully saturated rings. The van der Waals surface area contributed by atoms with Gasteiger partial charge in [0.15, 0.2) is 0 Å². The lowest BCUT2D eigenvalue weighted by atomic mass is 10.1. The number of hydrogen-bond donors (Lipinski definition) is 2. The van der Waals surface area contributed by atoms with E-state index in [9.17, 15) is 18.0 Å². The molecule has 28 heavy (non-hydrogen) atoms. The Kier molecular flexibility index (Phi) is 7.22. The Morgan fingerprint density at radius 1 is 1.11 bits per heavy atom. The van der Waals surface area contributed by atoms with Crippen LogP contribution in [-0.2, 0) is 14.8 Å². The van der Waals surface area contributed by atoms with Crippen LogP contribution in [0.2, 0.25) is 0 Å². The summed E-state index contributed by atoms with van der Waals surface area (Å²) in [5.74, 6) is -0.0637. The number of likely N-dealkylation sites (tertiary alicyclic amines) is 1. The Hall–Kier alpha value is -1.75. The van der Waals surface area contributed by atoms with Crippen molar-refractivity contribution in [3.05, 3.63) is 39.9 Å². The van der Waals surface area contributed by atoms with E-state index in [1.807, 2.05) is 11.4 Å². The first-order valence-corrected chi connectivity index (χ1v) is 12.4. The van der Waals surface area contributed by atoms with E-state index in [0.717, 1.165) is 0 Å². The normalized spacial score (nSPS) is 15.5. The standard InChI is InChI=1S/C18H23N3O4S3/c22-16(5-1-9-19-18(23)15-4-2-12-26-15)21-10-7-14(8-11-21)20-28(24,25)17-6-3-13-27-17/h2-4,6,12-14,20H,1,5,7-11H2,(H,19,23). The van der Waals surface area contributed by atoms with E-state index in [0.29, 0.717) is 54.4 Å². The highest BCUT2D eigenvalue weighted by Crippen LogP contribution is 2.19. The van der Waals surface area contributed by atoms with Gasteiger partial charge >= 0.3 is 0 Å². The zero-order valence-corrected chi connectivity index (χ0v) is 17.7. The number of amides is 2. The molecule has 0 spiro atoms. The van der Waals surface area contributed by atoms with Gasteiger partial charge in [-0.05, 0) is 42.2 Å². The zero-order valence-electron chi connectivity index (χ0n) is 15.3. The molecule has 0 radical (unpaired) electrons. The lowest BCUT2D eigenvalue weighted by Gasteiger charge is -2.32. The fourth-order valence-corrected chi connectivity index (χ4v) is 5.99. The van der Waals surface area contributed by atoms with Gasteiger partial charge in [-0.2, -0.15) is 0 Å². The number of hydrogen-bond acceptors (Lipinski definition) is 6. The van der Waals surface area contributed by atoms with Crippen LogP contribution in [0.4, 0.5) is 0 Å². The Bertz CT molecular complexity index is 871. The van der Waals surface area contributed by atoms with Crippen molar-refractivity contribution >= 4 is 44.5 Å². The van der Waals surface area contributed by atoms with Crippen LogP contribution in [0, 0.1) is 0 Å². The van der Waals surface area contributed by atoms with E-state index < -0.39 is 10.0 Å². The van der Waals surface area contributed by atoms with Crippen molar-refractivity contribution in [1.29, 1.82) is 0 Å². The van der Waals surface area contributed by atoms with Crippen molar-refractivity contribution in [1.82, 2.24) is 14.9 Å². The fraction of sp³-hybridized carbons (Fsp3) is 0.444. The zero-order chi connectivity index (χ0) is 20.0. The number of carbonyl (C=O) groups is 2. The molecule has 1 aliphatic rings. The third-order valence-electron chi connectivity index (χ3n) is 4.53. The highest BCUT2D eigenvalue weighted by atomic mass is 32.2. The smallest absolute Gasteiger partial charge is 0.261 e. The number of nitrogens with zero attached hydrogens (tertiary/aromatic N) is 1. The summed E-state index contributed by atoms with van der Waals surface area (Å²) in [6.45, 7) is 1.54. The summed E-state index contributed by atoms with van der Waals surface area (Å²) in [6, 6.07) is 6.74. The minimum Gasteiger partial charge on any atom is -0.351 e. The van der Waals surface area contributed by atoms with Gasteiger partial charge < -0.3 is 10.2 Å². The fourth-order valence-electron chi connectivity index (χ4n) is 3.04. The van der Waals surface area contributed by atoms with Crippen molar-refractivity contribution in [3.8, 4) is 0 Å². The maximum atomic E-state index is 12.3. The lowest BCUT2D eigenvalue weighted by Crippen LogP contribution is -2.46. The van der Waals surface area contributed by atoms with E-state index >= 15 is 0 Å². The predicted molar refractivity (Wildman–Crippen MR) is 110 cm³/mol. The monoisotopic (exact) mass is 441 g/mol. The molecule has 1 saturated heterocycles. The van der Waals surface area contributed by atoms with Crippen LogP contribution in [0.25, 0.3) is 0 Å². The molecule has 0 atom stereocenters. The van der Waals surface area contributed by atoms with E-state index in [4.69, 9.17) is 0 Å². The maximum absolute atomic E-state index is 12.3. The van der Waals surface area contributed by atoms with Crippen molar-refractivity contribution in [2.24, 2.45) is 0 Å². The topological polar surface area (TPSA) is 95.6 Å². The molecule has 10 heteroatoms. The number of carbonyl (C=O) groups excluding carboxylic acids is 2. The van der Waals surface area contributed by atoms with Gasteiger partial charge in [0.2, 0.25) is 15.9 Å². The van der Waals surface area contributed by atoms with Gasteiger partial charge in [0, 0.05) is 32.1 Å². The SMILES string of the molecule is O=C(NCCCC(=O)N1CCC(NS(=O)(=O)c2cccs2)CC1)c1cccs1. The molecule has 2 aromatic heterocycles. The van der Waals surface area contributed by atoms with Crippen LogP contribution in [0.3, 0.4) is 0 Å². The molecule has 1 aliphatic heterocycles. The van der Waals surface area contributed by atoms with Crippen molar-refractivity contribution < 1.29 is 18.0 Å². The Morgan fingerprint density at radius 2 is 1.82 bits per heavy atom. The third kappa shape index (κ3) is 5.63. The van der Waals surface area contributed by atoms with Gasteiger partial charge in [0.05, 0.1) is 4.88 Å². The van der Waals surface area contributed by atoms with Gasteiger partial charge in [-0.3, -0.25) is 9.59 Å². The Labute approximate surface area is 172 Å². The largest absolute Gasteiger partial charge is 0.351 e. The summed E-state index contributed by atoms with van der Waals surface area (Å²) in [4.78, 5) is 26.6. The van der Waals surface area contributed by atoms with Crippen LogP contribution in [0.15, 0.2) is 39.2 Å². The first-order chi connectivity index (χ1) is 13.5. The average molecular weight is 442 g/mol. The summed E-state index contributed by atoms with van der Waals surface area (Å²) in [6.07, 6.45) is 2.16. The van der Waals surface area contributed by atoms with E-state index in [2.05, 4.69) is 10.0 Å². The first-order valence-electron chi connectivity index (χ1n) is 9.11. The highest BCUT2D eigenvalue weighted by Gasteiger charge is 2.26. The van der Waals surface area contributed by atoms with Crippen LogP contribution < -0.4 is 10.0 Å². The van der Waals surface area contributed by atoms with Crippen molar-refractivity contribution in [2.45, 2.75) is 35.9 Å². The second-order valence-corrected chi connectivity index (χ2v) is 10.4. The molecule has 2 aromatic rings. The molecular weight excluding hydrogens is 418 g/mol. The molecule has 0 saturated carbocycles. The number of nitrogens with one attached hydrogen (secondary N) is 2. The van der Waals surface area contributed by atoms with Crippen LogP contribution >= 0.6 is 22.7 Å². The minimum absolute atomic E-state index is 0.0462. The third-order valence-corrected chi connectivity index (χ3v) is 8.31. The molecule has 3 heterocycles. The Balaban J connectivity index is 1.35. The molecule has 2 N–H and O–H groups in total. The van der Waals surface area contributed by atoms with Crippen molar-refractivity contribution in [2.75, 3.05) is 19.6 Å². The minimum atomic E-state index is -3.47. The van der Waals surface area contributed by atoms with Crippen LogP contribution in [-0.4, -0.2) is 50.8 Å². The second kappa shape index (κ2) is 9.64. The molecule has 2 amide bonds. The quantitative estimate of drug-likeness (QED) is 0.615.